The summed E-state index contributed by atoms with van der Waals surface area (Å²) in [5, 5.41) is 9.46. The molecule has 0 amide bonds. The molecular formula is C22H36O2. The van der Waals surface area contributed by atoms with Crippen molar-refractivity contribution in [3.63, 3.8) is 0 Å². The van der Waals surface area contributed by atoms with Gasteiger partial charge in [0.05, 0.1) is 5.92 Å². The van der Waals surface area contributed by atoms with Gasteiger partial charge >= 0.3 is 5.97 Å². The van der Waals surface area contributed by atoms with Crippen molar-refractivity contribution in [3.8, 4) is 0 Å². The third-order valence-corrected chi connectivity index (χ3v) is 9.70. The molecule has 4 rings (SSSR count). The van der Waals surface area contributed by atoms with Crippen LogP contribution in [0.15, 0.2) is 0 Å². The summed E-state index contributed by atoms with van der Waals surface area (Å²) >= 11 is 0. The summed E-state index contributed by atoms with van der Waals surface area (Å²) < 4.78 is 0. The fourth-order valence-electron chi connectivity index (χ4n) is 8.26. The molecule has 8 atom stereocenters. The zero-order valence-electron chi connectivity index (χ0n) is 15.9. The Bertz CT molecular complexity index is 514. The molecule has 24 heavy (non-hydrogen) atoms. The van der Waals surface area contributed by atoms with E-state index in [1.54, 1.807) is 0 Å². The van der Waals surface area contributed by atoms with Crippen LogP contribution in [0, 0.1) is 46.3 Å². The lowest BCUT2D eigenvalue weighted by Crippen LogP contribution is -2.53. The molecule has 2 heteroatoms. The normalized spacial score (nSPS) is 53.8. The van der Waals surface area contributed by atoms with Gasteiger partial charge < -0.3 is 5.11 Å². The second-order valence-corrected chi connectivity index (χ2v) is 10.2. The van der Waals surface area contributed by atoms with Gasteiger partial charge in [0.25, 0.3) is 0 Å². The van der Waals surface area contributed by atoms with Crippen molar-refractivity contribution in [1.82, 2.24) is 0 Å². The molecular weight excluding hydrogens is 296 g/mol. The van der Waals surface area contributed by atoms with Crippen molar-refractivity contribution in [2.24, 2.45) is 46.3 Å². The SMILES string of the molecule is CC[C@H]1CC[C@H]2[C@@H]3CCC4CC(C(=O)O)CC[C@]4(C)[C@H]3CC[C@]12C. The summed E-state index contributed by atoms with van der Waals surface area (Å²) in [6.07, 6.45) is 12.9. The van der Waals surface area contributed by atoms with Crippen LogP contribution in [0.3, 0.4) is 0 Å². The first-order valence-electron chi connectivity index (χ1n) is 10.6. The van der Waals surface area contributed by atoms with Crippen LogP contribution in [0.2, 0.25) is 0 Å². The van der Waals surface area contributed by atoms with Crippen LogP contribution in [0.4, 0.5) is 0 Å². The Morgan fingerprint density at radius 1 is 0.958 bits per heavy atom. The fraction of sp³-hybridized carbons (Fsp3) is 0.955. The molecule has 4 aliphatic carbocycles. The number of carbonyl (C=O) groups is 1. The largest absolute Gasteiger partial charge is 0.481 e. The lowest BCUT2D eigenvalue weighted by atomic mass is 9.44. The smallest absolute Gasteiger partial charge is 0.306 e. The third-order valence-electron chi connectivity index (χ3n) is 9.70. The predicted molar refractivity (Wildman–Crippen MR) is 96.6 cm³/mol. The number of carboxylic acid groups (broad SMARTS) is 1. The number of aliphatic carboxylic acids is 1. The molecule has 0 radical (unpaired) electrons. The quantitative estimate of drug-likeness (QED) is 0.698. The van der Waals surface area contributed by atoms with E-state index in [4.69, 9.17) is 0 Å². The molecule has 4 aliphatic rings. The van der Waals surface area contributed by atoms with Gasteiger partial charge in [0.15, 0.2) is 0 Å². The minimum absolute atomic E-state index is 0.0653. The van der Waals surface area contributed by atoms with Crippen LogP contribution in [-0.2, 0) is 4.79 Å². The number of hydrogen-bond donors (Lipinski definition) is 1. The molecule has 2 unspecified atom stereocenters. The van der Waals surface area contributed by atoms with Crippen molar-refractivity contribution >= 4 is 5.97 Å². The number of carboxylic acids is 1. The van der Waals surface area contributed by atoms with Crippen molar-refractivity contribution < 1.29 is 9.90 Å². The monoisotopic (exact) mass is 332 g/mol. The van der Waals surface area contributed by atoms with Gasteiger partial charge in [0.1, 0.15) is 0 Å². The summed E-state index contributed by atoms with van der Waals surface area (Å²) in [4.78, 5) is 11.5. The van der Waals surface area contributed by atoms with Crippen molar-refractivity contribution in [1.29, 1.82) is 0 Å². The van der Waals surface area contributed by atoms with Gasteiger partial charge in [-0.2, -0.15) is 0 Å². The Hall–Kier alpha value is -0.530. The van der Waals surface area contributed by atoms with E-state index in [1.165, 1.54) is 44.9 Å². The molecule has 136 valence electrons. The highest BCUT2D eigenvalue weighted by atomic mass is 16.4. The van der Waals surface area contributed by atoms with Crippen LogP contribution in [-0.4, -0.2) is 11.1 Å². The molecule has 4 saturated carbocycles. The van der Waals surface area contributed by atoms with Crippen molar-refractivity contribution in [2.75, 3.05) is 0 Å². The first-order valence-corrected chi connectivity index (χ1v) is 10.6. The topological polar surface area (TPSA) is 37.3 Å². The molecule has 2 nitrogen and oxygen atoms in total. The summed E-state index contributed by atoms with van der Waals surface area (Å²) in [6, 6.07) is 0. The van der Waals surface area contributed by atoms with E-state index in [0.29, 0.717) is 16.7 Å². The molecule has 0 aromatic rings. The number of fused-ring (bicyclic) bond motifs is 5. The second-order valence-electron chi connectivity index (χ2n) is 10.2. The highest BCUT2D eigenvalue weighted by Crippen LogP contribution is 2.68. The third kappa shape index (κ3) is 2.23. The first-order chi connectivity index (χ1) is 11.4. The van der Waals surface area contributed by atoms with E-state index in [-0.39, 0.29) is 5.92 Å². The Balaban J connectivity index is 1.57. The van der Waals surface area contributed by atoms with Gasteiger partial charge in [-0.15, -0.1) is 0 Å². The minimum atomic E-state index is -0.544. The summed E-state index contributed by atoms with van der Waals surface area (Å²) in [5.41, 5.74) is 1.04. The van der Waals surface area contributed by atoms with Crippen LogP contribution in [0.1, 0.15) is 85.0 Å². The summed E-state index contributed by atoms with van der Waals surface area (Å²) in [5.74, 6) is 3.78. The van der Waals surface area contributed by atoms with Crippen LogP contribution < -0.4 is 0 Å². The maximum absolute atomic E-state index is 11.5. The molecule has 1 N–H and O–H groups in total. The van der Waals surface area contributed by atoms with Gasteiger partial charge in [-0.25, -0.2) is 0 Å². The zero-order chi connectivity index (χ0) is 17.1. The van der Waals surface area contributed by atoms with Gasteiger partial charge in [-0.1, -0.05) is 27.2 Å². The van der Waals surface area contributed by atoms with E-state index < -0.39 is 5.97 Å². The molecule has 0 aromatic heterocycles. The number of hydrogen-bond acceptors (Lipinski definition) is 1. The van der Waals surface area contributed by atoms with Crippen molar-refractivity contribution in [2.45, 2.75) is 85.0 Å². The zero-order valence-corrected chi connectivity index (χ0v) is 15.9. The summed E-state index contributed by atoms with van der Waals surface area (Å²) in [6.45, 7) is 7.56. The first kappa shape index (κ1) is 16.9. The van der Waals surface area contributed by atoms with E-state index in [9.17, 15) is 9.90 Å². The van der Waals surface area contributed by atoms with E-state index in [0.717, 1.165) is 42.9 Å². The maximum Gasteiger partial charge on any atom is 0.306 e. The lowest BCUT2D eigenvalue weighted by Gasteiger charge is -2.61. The molecule has 4 fully saturated rings. The molecule has 0 aromatic carbocycles. The Kier molecular flexibility index (Phi) is 4.05. The fourth-order valence-corrected chi connectivity index (χ4v) is 8.26. The van der Waals surface area contributed by atoms with E-state index in [1.807, 2.05) is 0 Å². The van der Waals surface area contributed by atoms with E-state index in [2.05, 4.69) is 20.8 Å². The maximum atomic E-state index is 11.5. The summed E-state index contributed by atoms with van der Waals surface area (Å²) in [7, 11) is 0. The van der Waals surface area contributed by atoms with E-state index >= 15 is 0 Å². The van der Waals surface area contributed by atoms with Crippen LogP contribution in [0.5, 0.6) is 0 Å². The lowest BCUT2D eigenvalue weighted by molar-refractivity contribution is -0.152. The van der Waals surface area contributed by atoms with Gasteiger partial charge in [-0.05, 0) is 98.2 Å². The molecule has 0 saturated heterocycles. The van der Waals surface area contributed by atoms with Crippen LogP contribution >= 0.6 is 0 Å². The van der Waals surface area contributed by atoms with Gasteiger partial charge in [0.2, 0.25) is 0 Å². The predicted octanol–water partition coefficient (Wildman–Crippen LogP) is 5.76. The molecule has 0 heterocycles. The van der Waals surface area contributed by atoms with Crippen molar-refractivity contribution in [3.05, 3.63) is 0 Å². The Morgan fingerprint density at radius 2 is 1.67 bits per heavy atom. The molecule has 0 aliphatic heterocycles. The second kappa shape index (κ2) is 5.74. The minimum Gasteiger partial charge on any atom is -0.481 e. The average Bonchev–Trinajstić information content (AvgIpc) is 2.90. The highest BCUT2D eigenvalue weighted by molar-refractivity contribution is 5.70. The average molecular weight is 333 g/mol. The Morgan fingerprint density at radius 3 is 2.38 bits per heavy atom. The van der Waals surface area contributed by atoms with Gasteiger partial charge in [-0.3, -0.25) is 4.79 Å². The molecule has 0 bridgehead atoms. The highest BCUT2D eigenvalue weighted by Gasteiger charge is 2.59. The standard InChI is InChI=1S/C22H36O2/c1-4-15-6-8-18-17-7-5-16-13-14(20(23)24)9-11-22(16,3)19(17)10-12-21(15,18)2/h14-19H,4-13H2,1-3H3,(H,23,24)/t14?,15-,16?,17-,18-,19-,21+,22-/m0/s1. The Labute approximate surface area is 147 Å². The van der Waals surface area contributed by atoms with Crippen LogP contribution in [0.25, 0.3) is 0 Å². The van der Waals surface area contributed by atoms with Gasteiger partial charge in [0, 0.05) is 0 Å². The number of rotatable bonds is 2. The molecule has 0 spiro atoms.